The highest BCUT2D eigenvalue weighted by atomic mass is 35.5. The fraction of sp³-hybridized carbons (Fsp3) is 0.150. The Hall–Kier alpha value is -2.58. The molecule has 0 aliphatic heterocycles. The van der Waals surface area contributed by atoms with Crippen molar-refractivity contribution >= 4 is 23.4 Å². The Morgan fingerprint density at radius 3 is 2.41 bits per heavy atom. The van der Waals surface area contributed by atoms with E-state index < -0.39 is 17.3 Å². The highest BCUT2D eigenvalue weighted by Gasteiger charge is 2.30. The van der Waals surface area contributed by atoms with Crippen molar-refractivity contribution in [3.05, 3.63) is 75.7 Å². The summed E-state index contributed by atoms with van der Waals surface area (Å²) in [6, 6.07) is 11.8. The number of nitrogens with zero attached hydrogens (tertiary/aromatic N) is 1. The second-order valence-electron chi connectivity index (χ2n) is 5.83. The molecule has 0 N–H and O–H groups in total. The molecule has 0 radical (unpaired) electrons. The fourth-order valence-electron chi connectivity index (χ4n) is 2.64. The number of hydrogen-bond donors (Lipinski definition) is 0. The van der Waals surface area contributed by atoms with Crippen molar-refractivity contribution in [2.24, 2.45) is 0 Å². The molecule has 29 heavy (non-hydrogen) atoms. The number of rotatable bonds is 5. The van der Waals surface area contributed by atoms with Gasteiger partial charge in [-0.2, -0.15) is 13.2 Å². The maximum Gasteiger partial charge on any atom is 0.416 e. The van der Waals surface area contributed by atoms with Gasteiger partial charge < -0.3 is 9.47 Å². The summed E-state index contributed by atoms with van der Waals surface area (Å²) in [7, 11) is 2.81. The van der Waals surface area contributed by atoms with Crippen LogP contribution in [0.4, 0.5) is 13.2 Å². The van der Waals surface area contributed by atoms with Gasteiger partial charge in [-0.3, -0.25) is 9.36 Å². The lowest BCUT2D eigenvalue weighted by atomic mass is 10.2. The highest BCUT2D eigenvalue weighted by molar-refractivity contribution is 7.99. The Morgan fingerprint density at radius 2 is 1.79 bits per heavy atom. The van der Waals surface area contributed by atoms with Crippen molar-refractivity contribution in [2.45, 2.75) is 16.0 Å². The minimum absolute atomic E-state index is 0.00138. The average molecular weight is 442 g/mol. The van der Waals surface area contributed by atoms with Gasteiger partial charge in [0.15, 0.2) is 5.75 Å². The molecule has 0 fully saturated rings. The molecule has 0 saturated carbocycles. The molecule has 0 spiro atoms. The highest BCUT2D eigenvalue weighted by Crippen LogP contribution is 2.38. The Labute approximate surface area is 173 Å². The quantitative estimate of drug-likeness (QED) is 0.511. The third kappa shape index (κ3) is 4.54. The normalized spacial score (nSPS) is 11.4. The molecule has 9 heteroatoms. The van der Waals surface area contributed by atoms with Gasteiger partial charge in [0, 0.05) is 27.7 Å². The number of hydrogen-bond acceptors (Lipinski definition) is 4. The number of ether oxygens (including phenoxy) is 2. The van der Waals surface area contributed by atoms with Crippen molar-refractivity contribution in [1.82, 2.24) is 4.57 Å². The molecule has 0 saturated heterocycles. The first-order valence-corrected chi connectivity index (χ1v) is 9.42. The topological polar surface area (TPSA) is 40.5 Å². The molecule has 3 aromatic rings. The van der Waals surface area contributed by atoms with E-state index in [1.54, 1.807) is 36.5 Å². The van der Waals surface area contributed by atoms with Gasteiger partial charge in [0.1, 0.15) is 0 Å². The van der Waals surface area contributed by atoms with Gasteiger partial charge in [0.2, 0.25) is 5.75 Å². The maximum absolute atomic E-state index is 12.8. The smallest absolute Gasteiger partial charge is 0.416 e. The van der Waals surface area contributed by atoms with Crippen molar-refractivity contribution in [3.63, 3.8) is 0 Å². The minimum atomic E-state index is -4.46. The van der Waals surface area contributed by atoms with Crippen molar-refractivity contribution < 1.29 is 22.6 Å². The lowest BCUT2D eigenvalue weighted by Gasteiger charge is -2.13. The first-order valence-electron chi connectivity index (χ1n) is 8.23. The van der Waals surface area contributed by atoms with Gasteiger partial charge in [-0.15, -0.1) is 0 Å². The Morgan fingerprint density at radius 1 is 1.03 bits per heavy atom. The summed E-state index contributed by atoms with van der Waals surface area (Å²) in [5, 5.41) is -0.00138. The zero-order valence-corrected chi connectivity index (χ0v) is 16.9. The molecular formula is C20H15ClF3NO3S. The first-order chi connectivity index (χ1) is 13.7. The standard InChI is InChI=1S/C20H15ClF3NO3S/c1-27-16-8-9-25(19(26)18(16)28-2)13-4-3-5-14(11-13)29-17-7-6-12(10-15(17)21)20(22,23)24/h3-11H,1-2H3. The average Bonchev–Trinajstić information content (AvgIpc) is 2.68. The van der Waals surface area contributed by atoms with E-state index in [0.29, 0.717) is 21.2 Å². The van der Waals surface area contributed by atoms with Crippen molar-refractivity contribution in [2.75, 3.05) is 14.2 Å². The van der Waals surface area contributed by atoms with Gasteiger partial charge in [-0.1, -0.05) is 29.4 Å². The van der Waals surface area contributed by atoms with Crippen LogP contribution in [0.1, 0.15) is 5.56 Å². The van der Waals surface area contributed by atoms with Crippen LogP contribution in [-0.4, -0.2) is 18.8 Å². The Kier molecular flexibility index (Phi) is 6.14. The molecule has 0 unspecified atom stereocenters. The molecule has 2 aromatic carbocycles. The molecule has 152 valence electrons. The third-order valence-corrected chi connectivity index (χ3v) is 5.51. The molecule has 0 bridgehead atoms. The van der Waals surface area contributed by atoms with E-state index in [4.69, 9.17) is 21.1 Å². The lowest BCUT2D eigenvalue weighted by molar-refractivity contribution is -0.137. The van der Waals surface area contributed by atoms with Crippen LogP contribution in [0, 0.1) is 0 Å². The zero-order chi connectivity index (χ0) is 21.2. The van der Waals surface area contributed by atoms with E-state index in [-0.39, 0.29) is 10.8 Å². The second kappa shape index (κ2) is 8.42. The summed E-state index contributed by atoms with van der Waals surface area (Å²) >= 11 is 7.23. The summed E-state index contributed by atoms with van der Waals surface area (Å²) in [4.78, 5) is 13.8. The molecule has 3 rings (SSSR count). The summed E-state index contributed by atoms with van der Waals surface area (Å²) in [6.07, 6.45) is -2.90. The van der Waals surface area contributed by atoms with Crippen LogP contribution in [0.25, 0.3) is 5.69 Å². The van der Waals surface area contributed by atoms with Crippen LogP contribution < -0.4 is 15.0 Å². The number of pyridine rings is 1. The lowest BCUT2D eigenvalue weighted by Crippen LogP contribution is -2.19. The number of alkyl halides is 3. The van der Waals surface area contributed by atoms with Crippen molar-refractivity contribution in [3.8, 4) is 17.2 Å². The van der Waals surface area contributed by atoms with Crippen LogP contribution in [0.2, 0.25) is 5.02 Å². The van der Waals surface area contributed by atoms with Gasteiger partial charge in [0.25, 0.3) is 0 Å². The third-order valence-electron chi connectivity index (χ3n) is 4.02. The maximum atomic E-state index is 12.8. The number of methoxy groups -OCH3 is 2. The fourth-order valence-corrected chi connectivity index (χ4v) is 3.81. The van der Waals surface area contributed by atoms with E-state index in [2.05, 4.69) is 0 Å². The second-order valence-corrected chi connectivity index (χ2v) is 7.36. The predicted octanol–water partition coefficient (Wildman–Crippen LogP) is 5.68. The van der Waals surface area contributed by atoms with Crippen molar-refractivity contribution in [1.29, 1.82) is 0 Å². The van der Waals surface area contributed by atoms with E-state index in [1.165, 1.54) is 36.6 Å². The predicted molar refractivity (Wildman–Crippen MR) is 106 cm³/mol. The van der Waals surface area contributed by atoms with Crippen LogP contribution in [0.15, 0.2) is 69.3 Å². The van der Waals surface area contributed by atoms with E-state index in [1.807, 2.05) is 0 Å². The molecule has 0 atom stereocenters. The van der Waals surface area contributed by atoms with Crippen LogP contribution in [-0.2, 0) is 6.18 Å². The largest absolute Gasteiger partial charge is 0.493 e. The molecule has 0 amide bonds. The molecule has 0 aliphatic rings. The molecular weight excluding hydrogens is 427 g/mol. The van der Waals surface area contributed by atoms with Gasteiger partial charge in [-0.05, 0) is 36.4 Å². The monoisotopic (exact) mass is 441 g/mol. The summed E-state index contributed by atoms with van der Waals surface area (Å²) < 4.78 is 50.1. The van der Waals surface area contributed by atoms with Crippen LogP contribution >= 0.6 is 23.4 Å². The van der Waals surface area contributed by atoms with Gasteiger partial charge >= 0.3 is 11.7 Å². The number of benzene rings is 2. The van der Waals surface area contributed by atoms with Gasteiger partial charge in [-0.25, -0.2) is 0 Å². The van der Waals surface area contributed by atoms with Crippen LogP contribution in [0.3, 0.4) is 0 Å². The minimum Gasteiger partial charge on any atom is -0.493 e. The van der Waals surface area contributed by atoms with Crippen LogP contribution in [0.5, 0.6) is 11.5 Å². The molecule has 4 nitrogen and oxygen atoms in total. The SMILES string of the molecule is COc1ccn(-c2cccc(Sc3ccc(C(F)(F)F)cc3Cl)c2)c(=O)c1OC. The zero-order valence-electron chi connectivity index (χ0n) is 15.3. The Bertz CT molecular complexity index is 1100. The molecule has 1 aromatic heterocycles. The first kappa shape index (κ1) is 21.1. The number of aromatic nitrogens is 1. The van der Waals surface area contributed by atoms with Gasteiger partial charge in [0.05, 0.1) is 24.8 Å². The van der Waals surface area contributed by atoms with E-state index in [0.717, 1.165) is 12.1 Å². The van der Waals surface area contributed by atoms with E-state index in [9.17, 15) is 18.0 Å². The summed E-state index contributed by atoms with van der Waals surface area (Å²) in [5.41, 5.74) is -0.650. The number of halogens is 4. The Balaban J connectivity index is 1.95. The molecule has 0 aliphatic carbocycles. The summed E-state index contributed by atoms with van der Waals surface area (Å²) in [6.45, 7) is 0. The van der Waals surface area contributed by atoms with E-state index >= 15 is 0 Å². The summed E-state index contributed by atoms with van der Waals surface area (Å²) in [5.74, 6) is 0.384. The molecule has 1 heterocycles.